The van der Waals surface area contributed by atoms with Crippen LogP contribution in [0, 0.1) is 0 Å². The summed E-state index contributed by atoms with van der Waals surface area (Å²) in [7, 11) is 0. The Kier molecular flexibility index (Phi) is 5.44. The van der Waals surface area contributed by atoms with Crippen LogP contribution >= 0.6 is 12.4 Å². The second kappa shape index (κ2) is 7.75. The van der Waals surface area contributed by atoms with Crippen molar-refractivity contribution in [1.82, 2.24) is 4.98 Å². The highest BCUT2D eigenvalue weighted by molar-refractivity contribution is 5.95. The van der Waals surface area contributed by atoms with Gasteiger partial charge in [0.1, 0.15) is 0 Å². The van der Waals surface area contributed by atoms with Crippen molar-refractivity contribution in [2.75, 3.05) is 11.1 Å². The number of rotatable bonds is 3. The normalized spacial score (nSPS) is 14.9. The SMILES string of the molecule is Cl.Nc1ccc2nc(-c3ccccc3)cc(NC3CCCCC3)c2c1. The molecule has 25 heavy (non-hydrogen) atoms. The Labute approximate surface area is 155 Å². The van der Waals surface area contributed by atoms with Gasteiger partial charge in [-0.1, -0.05) is 49.6 Å². The van der Waals surface area contributed by atoms with E-state index in [4.69, 9.17) is 10.7 Å². The van der Waals surface area contributed by atoms with Crippen LogP contribution in [-0.4, -0.2) is 11.0 Å². The standard InChI is InChI=1S/C21H23N3.ClH/c22-16-11-12-19-18(13-16)21(23-17-9-5-2-6-10-17)14-20(24-19)15-7-3-1-4-8-15;/h1,3-4,7-8,11-14,17H,2,5-6,9-10,22H2,(H,23,24);1H. The van der Waals surface area contributed by atoms with Crippen LogP contribution in [-0.2, 0) is 0 Å². The van der Waals surface area contributed by atoms with Gasteiger partial charge in [-0.25, -0.2) is 4.98 Å². The lowest BCUT2D eigenvalue weighted by Crippen LogP contribution is -2.22. The van der Waals surface area contributed by atoms with E-state index in [0.29, 0.717) is 6.04 Å². The van der Waals surface area contributed by atoms with E-state index in [1.54, 1.807) is 0 Å². The number of nitrogens with two attached hydrogens (primary N) is 1. The minimum absolute atomic E-state index is 0. The van der Waals surface area contributed by atoms with Gasteiger partial charge in [0.25, 0.3) is 0 Å². The Balaban J connectivity index is 0.00000182. The van der Waals surface area contributed by atoms with Crippen molar-refractivity contribution < 1.29 is 0 Å². The van der Waals surface area contributed by atoms with Crippen molar-refractivity contribution in [3.8, 4) is 11.3 Å². The minimum atomic E-state index is 0. The molecule has 1 aliphatic rings. The molecule has 0 saturated heterocycles. The molecule has 0 bridgehead atoms. The first-order valence-electron chi connectivity index (χ1n) is 8.82. The summed E-state index contributed by atoms with van der Waals surface area (Å²) in [5, 5.41) is 4.88. The number of nitrogen functional groups attached to an aromatic ring is 1. The topological polar surface area (TPSA) is 50.9 Å². The van der Waals surface area contributed by atoms with Gasteiger partial charge >= 0.3 is 0 Å². The summed E-state index contributed by atoms with van der Waals surface area (Å²) in [6.07, 6.45) is 6.47. The average molecular weight is 354 g/mol. The number of pyridine rings is 1. The Morgan fingerprint density at radius 1 is 0.920 bits per heavy atom. The van der Waals surface area contributed by atoms with Crippen molar-refractivity contribution in [2.45, 2.75) is 38.1 Å². The molecule has 0 spiro atoms. The molecule has 2 aromatic carbocycles. The van der Waals surface area contributed by atoms with Crippen LogP contribution in [0.4, 0.5) is 11.4 Å². The van der Waals surface area contributed by atoms with Gasteiger partial charge < -0.3 is 11.1 Å². The molecule has 3 aromatic rings. The average Bonchev–Trinajstić information content (AvgIpc) is 2.63. The zero-order valence-electron chi connectivity index (χ0n) is 14.2. The lowest BCUT2D eigenvalue weighted by molar-refractivity contribution is 0.463. The first-order chi connectivity index (χ1) is 11.8. The molecule has 130 valence electrons. The maximum absolute atomic E-state index is 6.02. The maximum atomic E-state index is 6.02. The predicted molar refractivity (Wildman–Crippen MR) is 109 cm³/mol. The molecule has 0 atom stereocenters. The minimum Gasteiger partial charge on any atom is -0.399 e. The zero-order chi connectivity index (χ0) is 16.4. The summed E-state index contributed by atoms with van der Waals surface area (Å²) < 4.78 is 0. The molecule has 0 aliphatic heterocycles. The monoisotopic (exact) mass is 353 g/mol. The van der Waals surface area contributed by atoms with E-state index in [2.05, 4.69) is 35.6 Å². The van der Waals surface area contributed by atoms with E-state index in [9.17, 15) is 0 Å². The highest BCUT2D eigenvalue weighted by Crippen LogP contribution is 2.31. The molecule has 1 aliphatic carbocycles. The van der Waals surface area contributed by atoms with Crippen LogP contribution < -0.4 is 11.1 Å². The van der Waals surface area contributed by atoms with Gasteiger partial charge in [0, 0.05) is 28.4 Å². The van der Waals surface area contributed by atoms with Gasteiger partial charge in [-0.2, -0.15) is 0 Å². The van der Waals surface area contributed by atoms with Crippen LogP contribution in [0.2, 0.25) is 0 Å². The molecule has 1 aromatic heterocycles. The van der Waals surface area contributed by atoms with Crippen molar-refractivity contribution in [1.29, 1.82) is 0 Å². The summed E-state index contributed by atoms with van der Waals surface area (Å²) in [4.78, 5) is 4.84. The van der Waals surface area contributed by atoms with Crippen LogP contribution in [0.15, 0.2) is 54.6 Å². The number of benzene rings is 2. The molecule has 0 unspecified atom stereocenters. The molecule has 3 N–H and O–H groups in total. The number of hydrogen-bond donors (Lipinski definition) is 2. The smallest absolute Gasteiger partial charge is 0.0731 e. The molecule has 3 nitrogen and oxygen atoms in total. The molecule has 4 heteroatoms. The maximum Gasteiger partial charge on any atom is 0.0731 e. The van der Waals surface area contributed by atoms with E-state index < -0.39 is 0 Å². The lowest BCUT2D eigenvalue weighted by atomic mass is 9.95. The summed E-state index contributed by atoms with van der Waals surface area (Å²) >= 11 is 0. The van der Waals surface area contributed by atoms with Crippen molar-refractivity contribution in [3.63, 3.8) is 0 Å². The first-order valence-corrected chi connectivity index (χ1v) is 8.82. The Morgan fingerprint density at radius 2 is 1.68 bits per heavy atom. The second-order valence-electron chi connectivity index (χ2n) is 6.68. The van der Waals surface area contributed by atoms with E-state index in [1.165, 1.54) is 32.1 Å². The van der Waals surface area contributed by atoms with Crippen LogP contribution in [0.25, 0.3) is 22.2 Å². The van der Waals surface area contributed by atoms with Gasteiger partial charge in [-0.05, 0) is 37.1 Å². The van der Waals surface area contributed by atoms with Gasteiger partial charge in [0.2, 0.25) is 0 Å². The molecular weight excluding hydrogens is 330 g/mol. The summed E-state index contributed by atoms with van der Waals surface area (Å²) in [6.45, 7) is 0. The van der Waals surface area contributed by atoms with Gasteiger partial charge in [-0.3, -0.25) is 0 Å². The fourth-order valence-corrected chi connectivity index (χ4v) is 3.59. The van der Waals surface area contributed by atoms with Gasteiger partial charge in [0.15, 0.2) is 0 Å². The van der Waals surface area contributed by atoms with Gasteiger partial charge in [0.05, 0.1) is 11.2 Å². The van der Waals surface area contributed by atoms with Crippen molar-refractivity contribution in [3.05, 3.63) is 54.6 Å². The van der Waals surface area contributed by atoms with Crippen LogP contribution in [0.1, 0.15) is 32.1 Å². The molecular formula is C21H24ClN3. The summed E-state index contributed by atoms with van der Waals surface area (Å²) in [5.41, 5.74) is 11.1. The number of nitrogens with zero attached hydrogens (tertiary/aromatic N) is 1. The van der Waals surface area contributed by atoms with Crippen LogP contribution in [0.5, 0.6) is 0 Å². The predicted octanol–water partition coefficient (Wildman–Crippen LogP) is 5.65. The molecule has 1 saturated carbocycles. The Hall–Kier alpha value is -2.26. The molecule has 1 fully saturated rings. The first kappa shape index (κ1) is 17.6. The Bertz CT molecular complexity index is 842. The summed E-state index contributed by atoms with van der Waals surface area (Å²) in [6, 6.07) is 19.1. The number of halogens is 1. The van der Waals surface area contributed by atoms with Crippen LogP contribution in [0.3, 0.4) is 0 Å². The third kappa shape index (κ3) is 3.88. The third-order valence-corrected chi connectivity index (χ3v) is 4.87. The second-order valence-corrected chi connectivity index (χ2v) is 6.68. The van der Waals surface area contributed by atoms with Crippen molar-refractivity contribution in [2.24, 2.45) is 0 Å². The molecule has 1 heterocycles. The van der Waals surface area contributed by atoms with Gasteiger partial charge in [-0.15, -0.1) is 12.4 Å². The zero-order valence-corrected chi connectivity index (χ0v) is 15.1. The van der Waals surface area contributed by atoms with Crippen molar-refractivity contribution >= 4 is 34.7 Å². The number of nitrogens with one attached hydrogen (secondary N) is 1. The highest BCUT2D eigenvalue weighted by Gasteiger charge is 2.15. The molecule has 0 amide bonds. The Morgan fingerprint density at radius 3 is 2.44 bits per heavy atom. The fraction of sp³-hybridized carbons (Fsp3) is 0.286. The quantitative estimate of drug-likeness (QED) is 0.598. The number of fused-ring (bicyclic) bond motifs is 1. The molecule has 4 rings (SSSR count). The van der Waals surface area contributed by atoms with E-state index in [0.717, 1.165) is 33.5 Å². The fourth-order valence-electron chi connectivity index (χ4n) is 3.59. The van der Waals surface area contributed by atoms with E-state index >= 15 is 0 Å². The highest BCUT2D eigenvalue weighted by atomic mass is 35.5. The van der Waals surface area contributed by atoms with E-state index in [-0.39, 0.29) is 12.4 Å². The lowest BCUT2D eigenvalue weighted by Gasteiger charge is -2.25. The number of anilines is 2. The van der Waals surface area contributed by atoms with E-state index in [1.807, 2.05) is 24.3 Å². The third-order valence-electron chi connectivity index (χ3n) is 4.87. The summed E-state index contributed by atoms with van der Waals surface area (Å²) in [5.74, 6) is 0. The molecule has 0 radical (unpaired) electrons. The number of aromatic nitrogens is 1. The number of hydrogen-bond acceptors (Lipinski definition) is 3. The largest absolute Gasteiger partial charge is 0.399 e.